The number of nitrogens with zero attached hydrogens (tertiary/aromatic N) is 5. The summed E-state index contributed by atoms with van der Waals surface area (Å²) in [6, 6.07) is 9.83. The lowest BCUT2D eigenvalue weighted by atomic mass is 10.2. The molecule has 1 fully saturated rings. The maximum Gasteiger partial charge on any atom is 0.242 e. The van der Waals surface area contributed by atoms with E-state index < -0.39 is 0 Å². The highest BCUT2D eigenvalue weighted by Gasteiger charge is 2.22. The first-order valence-electron chi connectivity index (χ1n) is 8.65. The molecule has 6 nitrogen and oxygen atoms in total. The number of carbonyl (C=O) groups is 1. The molecular weight excluding hydrogens is 333 g/mol. The number of carbonyl (C=O) groups excluding carboxylic acids is 1. The fourth-order valence-electron chi connectivity index (χ4n) is 3.22. The summed E-state index contributed by atoms with van der Waals surface area (Å²) in [7, 11) is 2.06. The van der Waals surface area contributed by atoms with Crippen LogP contribution in [-0.2, 0) is 11.3 Å². The summed E-state index contributed by atoms with van der Waals surface area (Å²) in [6.07, 6.45) is 1.69. The third-order valence-corrected chi connectivity index (χ3v) is 4.76. The highest BCUT2D eigenvalue weighted by molar-refractivity contribution is 5.82. The fraction of sp³-hybridized carbons (Fsp3) is 0.316. The molecule has 0 spiro atoms. The molecule has 2 aromatic heterocycles. The molecule has 0 aliphatic carbocycles. The summed E-state index contributed by atoms with van der Waals surface area (Å²) in [4.78, 5) is 25.9. The first kappa shape index (κ1) is 16.7. The van der Waals surface area contributed by atoms with Gasteiger partial charge in [-0.05, 0) is 43.4 Å². The van der Waals surface area contributed by atoms with Crippen molar-refractivity contribution in [2.75, 3.05) is 33.2 Å². The Morgan fingerprint density at radius 3 is 2.58 bits per heavy atom. The largest absolute Gasteiger partial charge is 0.339 e. The molecule has 0 bridgehead atoms. The van der Waals surface area contributed by atoms with Gasteiger partial charge in [-0.25, -0.2) is 14.4 Å². The molecule has 0 saturated carbocycles. The van der Waals surface area contributed by atoms with Crippen LogP contribution in [0.15, 0.2) is 42.6 Å². The zero-order valence-electron chi connectivity index (χ0n) is 14.6. The number of benzene rings is 1. The second kappa shape index (κ2) is 6.84. The Morgan fingerprint density at radius 1 is 1.12 bits per heavy atom. The SMILES string of the molecule is CN1CCN(C(=O)Cn2c(-c3ccc(F)cc3)nc3cccnc32)CC1. The second-order valence-corrected chi connectivity index (χ2v) is 6.56. The summed E-state index contributed by atoms with van der Waals surface area (Å²) < 4.78 is 15.1. The summed E-state index contributed by atoms with van der Waals surface area (Å²) in [5.74, 6) is 0.371. The quantitative estimate of drug-likeness (QED) is 0.723. The van der Waals surface area contributed by atoms with Gasteiger partial charge in [-0.3, -0.25) is 9.36 Å². The van der Waals surface area contributed by atoms with Crippen LogP contribution in [0.25, 0.3) is 22.6 Å². The molecule has 1 aromatic carbocycles. The molecule has 26 heavy (non-hydrogen) atoms. The lowest BCUT2D eigenvalue weighted by Crippen LogP contribution is -2.48. The number of aromatic nitrogens is 3. The van der Waals surface area contributed by atoms with Gasteiger partial charge in [0.25, 0.3) is 0 Å². The van der Waals surface area contributed by atoms with Gasteiger partial charge in [-0.2, -0.15) is 0 Å². The average molecular weight is 353 g/mol. The molecule has 4 rings (SSSR count). The molecule has 1 saturated heterocycles. The van der Waals surface area contributed by atoms with Crippen LogP contribution in [-0.4, -0.2) is 63.5 Å². The Balaban J connectivity index is 1.69. The van der Waals surface area contributed by atoms with Crippen LogP contribution in [0, 0.1) is 5.82 Å². The van der Waals surface area contributed by atoms with Gasteiger partial charge in [0.1, 0.15) is 23.7 Å². The summed E-state index contributed by atoms with van der Waals surface area (Å²) in [5, 5.41) is 0. The van der Waals surface area contributed by atoms with Crippen LogP contribution >= 0.6 is 0 Å². The maximum atomic E-state index is 13.3. The van der Waals surface area contributed by atoms with E-state index in [1.54, 1.807) is 18.3 Å². The van der Waals surface area contributed by atoms with Crippen LogP contribution in [0.2, 0.25) is 0 Å². The molecule has 1 aliphatic rings. The number of fused-ring (bicyclic) bond motifs is 1. The van der Waals surface area contributed by atoms with Gasteiger partial charge >= 0.3 is 0 Å². The molecular formula is C19H20FN5O. The number of pyridine rings is 1. The maximum absolute atomic E-state index is 13.3. The molecule has 0 unspecified atom stereocenters. The van der Waals surface area contributed by atoms with E-state index in [9.17, 15) is 9.18 Å². The van der Waals surface area contributed by atoms with E-state index in [1.165, 1.54) is 12.1 Å². The number of imidazole rings is 1. The molecule has 134 valence electrons. The minimum Gasteiger partial charge on any atom is -0.339 e. The van der Waals surface area contributed by atoms with E-state index in [0.717, 1.165) is 37.3 Å². The van der Waals surface area contributed by atoms with Crippen molar-refractivity contribution in [1.82, 2.24) is 24.3 Å². The normalized spacial score (nSPS) is 15.5. The van der Waals surface area contributed by atoms with Gasteiger partial charge in [0.05, 0.1) is 0 Å². The van der Waals surface area contributed by atoms with Crippen molar-refractivity contribution in [3.05, 3.63) is 48.4 Å². The fourth-order valence-corrected chi connectivity index (χ4v) is 3.22. The minimum absolute atomic E-state index is 0.0476. The van der Waals surface area contributed by atoms with Gasteiger partial charge in [0.15, 0.2) is 5.65 Å². The lowest BCUT2D eigenvalue weighted by Gasteiger charge is -2.32. The van der Waals surface area contributed by atoms with Crippen molar-refractivity contribution in [2.45, 2.75) is 6.54 Å². The van der Waals surface area contributed by atoms with E-state index in [1.807, 2.05) is 21.6 Å². The van der Waals surface area contributed by atoms with E-state index in [-0.39, 0.29) is 18.3 Å². The first-order valence-corrected chi connectivity index (χ1v) is 8.65. The summed E-state index contributed by atoms with van der Waals surface area (Å²) in [5.41, 5.74) is 2.14. The summed E-state index contributed by atoms with van der Waals surface area (Å²) in [6.45, 7) is 3.37. The number of rotatable bonds is 3. The van der Waals surface area contributed by atoms with E-state index >= 15 is 0 Å². The number of likely N-dealkylation sites (N-methyl/N-ethyl adjacent to an activating group) is 1. The van der Waals surface area contributed by atoms with Crippen molar-refractivity contribution in [1.29, 1.82) is 0 Å². The van der Waals surface area contributed by atoms with Gasteiger partial charge in [-0.15, -0.1) is 0 Å². The lowest BCUT2D eigenvalue weighted by molar-refractivity contribution is -0.133. The van der Waals surface area contributed by atoms with Crippen molar-refractivity contribution in [2.24, 2.45) is 0 Å². The highest BCUT2D eigenvalue weighted by Crippen LogP contribution is 2.24. The number of piperazine rings is 1. The Labute approximate surface area is 150 Å². The van der Waals surface area contributed by atoms with E-state index in [0.29, 0.717) is 11.5 Å². The molecule has 7 heteroatoms. The topological polar surface area (TPSA) is 54.3 Å². The predicted molar refractivity (Wildman–Crippen MR) is 97.0 cm³/mol. The van der Waals surface area contributed by atoms with Gasteiger partial charge in [0.2, 0.25) is 5.91 Å². The Morgan fingerprint density at radius 2 is 1.85 bits per heavy atom. The monoisotopic (exact) mass is 353 g/mol. The minimum atomic E-state index is -0.303. The second-order valence-electron chi connectivity index (χ2n) is 6.56. The van der Waals surface area contributed by atoms with Gasteiger partial charge in [0, 0.05) is 37.9 Å². The molecule has 3 heterocycles. The van der Waals surface area contributed by atoms with Crippen LogP contribution in [0.5, 0.6) is 0 Å². The van der Waals surface area contributed by atoms with Crippen molar-refractivity contribution in [3.8, 4) is 11.4 Å². The molecule has 1 aliphatic heterocycles. The summed E-state index contributed by atoms with van der Waals surface area (Å²) >= 11 is 0. The third-order valence-electron chi connectivity index (χ3n) is 4.76. The first-order chi connectivity index (χ1) is 12.6. The molecule has 0 atom stereocenters. The van der Waals surface area contributed by atoms with E-state index in [2.05, 4.69) is 21.9 Å². The molecule has 3 aromatic rings. The molecule has 1 amide bonds. The standard InChI is InChI=1S/C19H20FN5O/c1-23-9-11-24(12-10-23)17(26)13-25-18(14-4-6-15(20)7-5-14)22-16-3-2-8-21-19(16)25/h2-8H,9-13H2,1H3. The van der Waals surface area contributed by atoms with E-state index in [4.69, 9.17) is 0 Å². The highest BCUT2D eigenvalue weighted by atomic mass is 19.1. The zero-order valence-corrected chi connectivity index (χ0v) is 14.6. The molecule has 0 radical (unpaired) electrons. The smallest absolute Gasteiger partial charge is 0.242 e. The Kier molecular flexibility index (Phi) is 4.38. The van der Waals surface area contributed by atoms with Crippen LogP contribution in [0.3, 0.4) is 0 Å². The predicted octanol–water partition coefficient (Wildman–Crippen LogP) is 2.01. The number of hydrogen-bond donors (Lipinski definition) is 0. The number of halogens is 1. The third kappa shape index (κ3) is 3.17. The van der Waals surface area contributed by atoms with Crippen LogP contribution in [0.4, 0.5) is 4.39 Å². The van der Waals surface area contributed by atoms with Crippen molar-refractivity contribution < 1.29 is 9.18 Å². The van der Waals surface area contributed by atoms with Crippen LogP contribution < -0.4 is 0 Å². The number of hydrogen-bond acceptors (Lipinski definition) is 4. The van der Waals surface area contributed by atoms with Crippen molar-refractivity contribution in [3.63, 3.8) is 0 Å². The van der Waals surface area contributed by atoms with Gasteiger partial charge < -0.3 is 9.80 Å². The van der Waals surface area contributed by atoms with Crippen molar-refractivity contribution >= 4 is 17.1 Å². The number of amides is 1. The van der Waals surface area contributed by atoms with Crippen LogP contribution in [0.1, 0.15) is 0 Å². The Bertz CT molecular complexity index is 929. The van der Waals surface area contributed by atoms with Gasteiger partial charge in [-0.1, -0.05) is 0 Å². The Hall–Kier alpha value is -2.80. The molecule has 0 N–H and O–H groups in total. The average Bonchev–Trinajstić information content (AvgIpc) is 3.01. The zero-order chi connectivity index (χ0) is 18.1.